The molecule has 0 fully saturated rings. The van der Waals surface area contributed by atoms with Gasteiger partial charge < -0.3 is 4.42 Å². The van der Waals surface area contributed by atoms with Crippen molar-refractivity contribution in [3.8, 4) is 0 Å². The highest BCUT2D eigenvalue weighted by atomic mass is 79.9. The molecule has 2 aromatic rings. The first-order valence-corrected chi connectivity index (χ1v) is 5.86. The van der Waals surface area contributed by atoms with Gasteiger partial charge in [0.1, 0.15) is 5.03 Å². The van der Waals surface area contributed by atoms with Gasteiger partial charge >= 0.3 is 0 Å². The summed E-state index contributed by atoms with van der Waals surface area (Å²) < 4.78 is 6.24. The van der Waals surface area contributed by atoms with Gasteiger partial charge in [-0.25, -0.2) is 4.98 Å². The SMILES string of the molecule is Cc1nnc(Sc2cc(C)c(Br)cn2)o1. The van der Waals surface area contributed by atoms with Crippen LogP contribution >= 0.6 is 27.7 Å². The number of hydrogen-bond donors (Lipinski definition) is 0. The van der Waals surface area contributed by atoms with Crippen LogP contribution in [0.5, 0.6) is 0 Å². The molecule has 0 saturated heterocycles. The maximum absolute atomic E-state index is 5.25. The normalized spacial score (nSPS) is 10.6. The van der Waals surface area contributed by atoms with Gasteiger partial charge in [0.05, 0.1) is 0 Å². The highest BCUT2D eigenvalue weighted by Crippen LogP contribution is 2.27. The number of aromatic nitrogens is 3. The molecule has 0 aliphatic heterocycles. The minimum Gasteiger partial charge on any atom is -0.416 e. The van der Waals surface area contributed by atoms with Gasteiger partial charge in [0.15, 0.2) is 0 Å². The molecule has 0 unspecified atom stereocenters. The third-order valence-electron chi connectivity index (χ3n) is 1.72. The van der Waals surface area contributed by atoms with Gasteiger partial charge in [-0.2, -0.15) is 0 Å². The molecular formula is C9H8BrN3OS. The quantitative estimate of drug-likeness (QED) is 0.849. The van der Waals surface area contributed by atoms with E-state index in [2.05, 4.69) is 31.1 Å². The molecule has 2 rings (SSSR count). The molecule has 2 aromatic heterocycles. The van der Waals surface area contributed by atoms with Crippen molar-refractivity contribution in [3.05, 3.63) is 28.2 Å². The van der Waals surface area contributed by atoms with Crippen LogP contribution in [0.25, 0.3) is 0 Å². The second-order valence-electron chi connectivity index (χ2n) is 2.96. The van der Waals surface area contributed by atoms with Crippen molar-refractivity contribution in [3.63, 3.8) is 0 Å². The lowest BCUT2D eigenvalue weighted by molar-refractivity contribution is 0.429. The first kappa shape index (κ1) is 10.6. The van der Waals surface area contributed by atoms with Crippen LogP contribution in [0.15, 0.2) is 31.4 Å². The Morgan fingerprint density at radius 1 is 1.33 bits per heavy atom. The fourth-order valence-electron chi connectivity index (χ4n) is 0.978. The van der Waals surface area contributed by atoms with Crippen LogP contribution < -0.4 is 0 Å². The molecule has 0 spiro atoms. The van der Waals surface area contributed by atoms with E-state index >= 15 is 0 Å². The largest absolute Gasteiger partial charge is 0.416 e. The number of hydrogen-bond acceptors (Lipinski definition) is 5. The molecule has 0 aliphatic rings. The fourth-order valence-corrected chi connectivity index (χ4v) is 1.96. The van der Waals surface area contributed by atoms with Gasteiger partial charge in [0, 0.05) is 17.6 Å². The monoisotopic (exact) mass is 285 g/mol. The van der Waals surface area contributed by atoms with Crippen LogP contribution in [0.4, 0.5) is 0 Å². The van der Waals surface area contributed by atoms with Crippen LogP contribution in [0.2, 0.25) is 0 Å². The van der Waals surface area contributed by atoms with E-state index in [1.807, 2.05) is 13.0 Å². The summed E-state index contributed by atoms with van der Waals surface area (Å²) in [6, 6.07) is 1.97. The molecule has 0 aromatic carbocycles. The zero-order valence-electron chi connectivity index (χ0n) is 8.19. The summed E-state index contributed by atoms with van der Waals surface area (Å²) in [5.41, 5.74) is 1.13. The Balaban J connectivity index is 2.21. The number of rotatable bonds is 2. The zero-order chi connectivity index (χ0) is 10.8. The molecule has 6 heteroatoms. The number of halogens is 1. The van der Waals surface area contributed by atoms with Gasteiger partial charge in [-0.1, -0.05) is 0 Å². The predicted octanol–water partition coefficient (Wildman–Crippen LogP) is 3.00. The zero-order valence-corrected chi connectivity index (χ0v) is 10.6. The van der Waals surface area contributed by atoms with Gasteiger partial charge in [-0.3, -0.25) is 0 Å². The molecular weight excluding hydrogens is 278 g/mol. The Morgan fingerprint density at radius 3 is 2.73 bits per heavy atom. The second kappa shape index (κ2) is 4.32. The molecule has 2 heterocycles. The van der Waals surface area contributed by atoms with Crippen molar-refractivity contribution in [2.24, 2.45) is 0 Å². The number of aryl methyl sites for hydroxylation is 2. The molecule has 0 N–H and O–H groups in total. The summed E-state index contributed by atoms with van der Waals surface area (Å²) in [5, 5.41) is 9.00. The lowest BCUT2D eigenvalue weighted by Crippen LogP contribution is -1.83. The van der Waals surface area contributed by atoms with Crippen molar-refractivity contribution in [1.82, 2.24) is 15.2 Å². The van der Waals surface area contributed by atoms with E-state index in [0.29, 0.717) is 11.1 Å². The average Bonchev–Trinajstić information content (AvgIpc) is 2.58. The molecule has 15 heavy (non-hydrogen) atoms. The Morgan fingerprint density at radius 2 is 2.13 bits per heavy atom. The van der Waals surface area contributed by atoms with E-state index in [1.165, 1.54) is 11.8 Å². The molecule has 0 atom stereocenters. The Kier molecular flexibility index (Phi) is 3.06. The lowest BCUT2D eigenvalue weighted by atomic mass is 10.3. The first-order valence-electron chi connectivity index (χ1n) is 4.25. The highest BCUT2D eigenvalue weighted by molar-refractivity contribution is 9.10. The van der Waals surface area contributed by atoms with E-state index in [-0.39, 0.29) is 0 Å². The highest BCUT2D eigenvalue weighted by Gasteiger charge is 2.06. The van der Waals surface area contributed by atoms with Gasteiger partial charge in [-0.05, 0) is 46.2 Å². The van der Waals surface area contributed by atoms with E-state index in [9.17, 15) is 0 Å². The molecule has 0 bridgehead atoms. The number of nitrogens with zero attached hydrogens (tertiary/aromatic N) is 3. The smallest absolute Gasteiger partial charge is 0.282 e. The second-order valence-corrected chi connectivity index (χ2v) is 4.79. The third-order valence-corrected chi connectivity index (χ3v) is 3.32. The Hall–Kier alpha value is -0.880. The van der Waals surface area contributed by atoms with Gasteiger partial charge in [-0.15, -0.1) is 10.2 Å². The molecule has 4 nitrogen and oxygen atoms in total. The van der Waals surface area contributed by atoms with Crippen molar-refractivity contribution >= 4 is 27.7 Å². The summed E-state index contributed by atoms with van der Waals surface area (Å²) in [7, 11) is 0. The summed E-state index contributed by atoms with van der Waals surface area (Å²) in [4.78, 5) is 4.23. The average molecular weight is 286 g/mol. The van der Waals surface area contributed by atoms with E-state index in [1.54, 1.807) is 13.1 Å². The maximum atomic E-state index is 5.25. The van der Waals surface area contributed by atoms with Crippen LogP contribution in [0.1, 0.15) is 11.5 Å². The van der Waals surface area contributed by atoms with Crippen molar-refractivity contribution in [2.75, 3.05) is 0 Å². The van der Waals surface area contributed by atoms with Crippen LogP contribution in [0, 0.1) is 13.8 Å². The topological polar surface area (TPSA) is 51.8 Å². The summed E-state index contributed by atoms with van der Waals surface area (Å²) in [6.45, 7) is 3.77. The fraction of sp³-hybridized carbons (Fsp3) is 0.222. The van der Waals surface area contributed by atoms with E-state index in [4.69, 9.17) is 4.42 Å². The van der Waals surface area contributed by atoms with Gasteiger partial charge in [0.25, 0.3) is 5.22 Å². The molecule has 0 aliphatic carbocycles. The Bertz CT molecular complexity index is 486. The summed E-state index contributed by atoms with van der Waals surface area (Å²) in [5.74, 6) is 0.561. The first-order chi connectivity index (χ1) is 7.15. The molecule has 0 radical (unpaired) electrons. The Labute approximate surface area is 99.6 Å². The van der Waals surface area contributed by atoms with Crippen LogP contribution in [0.3, 0.4) is 0 Å². The minimum absolute atomic E-state index is 0.515. The number of pyridine rings is 1. The molecule has 0 saturated carbocycles. The van der Waals surface area contributed by atoms with Crippen LogP contribution in [-0.4, -0.2) is 15.2 Å². The van der Waals surface area contributed by atoms with E-state index < -0.39 is 0 Å². The van der Waals surface area contributed by atoms with Gasteiger partial charge in [0.2, 0.25) is 5.89 Å². The maximum Gasteiger partial charge on any atom is 0.282 e. The van der Waals surface area contributed by atoms with Crippen molar-refractivity contribution in [2.45, 2.75) is 24.1 Å². The lowest BCUT2D eigenvalue weighted by Gasteiger charge is -1.99. The molecule has 0 amide bonds. The predicted molar refractivity (Wildman–Crippen MR) is 59.8 cm³/mol. The standard InChI is InChI=1S/C9H8BrN3OS/c1-5-3-8(11-4-7(5)10)15-9-13-12-6(2)14-9/h3-4H,1-2H3. The van der Waals surface area contributed by atoms with E-state index in [0.717, 1.165) is 15.1 Å². The van der Waals surface area contributed by atoms with Crippen LogP contribution in [-0.2, 0) is 0 Å². The minimum atomic E-state index is 0.515. The van der Waals surface area contributed by atoms with Crippen molar-refractivity contribution in [1.29, 1.82) is 0 Å². The summed E-state index contributed by atoms with van der Waals surface area (Å²) in [6.07, 6.45) is 1.76. The van der Waals surface area contributed by atoms with Crippen molar-refractivity contribution < 1.29 is 4.42 Å². The molecule has 78 valence electrons. The third kappa shape index (κ3) is 2.57. The summed E-state index contributed by atoms with van der Waals surface area (Å²) >= 11 is 4.75.